The molecule has 17 heavy (non-hydrogen) atoms. The lowest BCUT2D eigenvalue weighted by Crippen LogP contribution is -2.30. The second-order valence-corrected chi connectivity index (χ2v) is 6.41. The minimum Gasteiger partial charge on any atom is -0.307 e. The zero-order valence-electron chi connectivity index (χ0n) is 11.6. The molecule has 1 aromatic rings. The Morgan fingerprint density at radius 2 is 2.12 bits per heavy atom. The zero-order chi connectivity index (χ0) is 12.5. The molecule has 0 bridgehead atoms. The average Bonchev–Trinajstić information content (AvgIpc) is 2.58. The van der Waals surface area contributed by atoms with E-state index in [4.69, 9.17) is 0 Å². The minimum atomic E-state index is 0.466. The van der Waals surface area contributed by atoms with Crippen LogP contribution < -0.4 is 5.32 Å². The molecule has 0 saturated heterocycles. The van der Waals surface area contributed by atoms with E-state index < -0.39 is 0 Å². The van der Waals surface area contributed by atoms with E-state index in [-0.39, 0.29) is 0 Å². The van der Waals surface area contributed by atoms with Crippen LogP contribution in [0.1, 0.15) is 57.2 Å². The molecular weight excluding hydrogens is 206 g/mol. The van der Waals surface area contributed by atoms with Gasteiger partial charge < -0.3 is 5.32 Å². The Balaban J connectivity index is 1.96. The molecule has 1 heteroatoms. The van der Waals surface area contributed by atoms with Gasteiger partial charge in [0.25, 0.3) is 0 Å². The summed E-state index contributed by atoms with van der Waals surface area (Å²) in [6.07, 6.45) is 3.98. The molecule has 1 saturated carbocycles. The maximum absolute atomic E-state index is 3.78. The standard InChI is InChI=1S/C16H25N/c1-12-6-5-7-14(10-12)13(2)17-15-8-9-16(3,4)11-15/h5-7,10,13,15,17H,8-9,11H2,1-4H3. The third kappa shape index (κ3) is 3.32. The molecule has 0 spiro atoms. The molecule has 0 aromatic heterocycles. The highest BCUT2D eigenvalue weighted by atomic mass is 15.0. The predicted molar refractivity (Wildman–Crippen MR) is 74.1 cm³/mol. The first kappa shape index (κ1) is 12.6. The van der Waals surface area contributed by atoms with Crippen molar-refractivity contribution in [2.24, 2.45) is 5.41 Å². The predicted octanol–water partition coefficient (Wildman–Crippen LogP) is 4.22. The number of hydrogen-bond acceptors (Lipinski definition) is 1. The molecule has 0 amide bonds. The van der Waals surface area contributed by atoms with Crippen LogP contribution in [0.25, 0.3) is 0 Å². The zero-order valence-corrected chi connectivity index (χ0v) is 11.6. The van der Waals surface area contributed by atoms with E-state index in [1.54, 1.807) is 0 Å². The van der Waals surface area contributed by atoms with Crippen molar-refractivity contribution in [3.8, 4) is 0 Å². The third-order valence-electron chi connectivity index (χ3n) is 4.00. The molecule has 2 rings (SSSR count). The molecule has 1 aromatic carbocycles. The topological polar surface area (TPSA) is 12.0 Å². The van der Waals surface area contributed by atoms with Crippen molar-refractivity contribution in [1.82, 2.24) is 5.32 Å². The van der Waals surface area contributed by atoms with Gasteiger partial charge in [0.1, 0.15) is 0 Å². The molecule has 0 aliphatic heterocycles. The van der Waals surface area contributed by atoms with Crippen molar-refractivity contribution in [2.75, 3.05) is 0 Å². The first-order chi connectivity index (χ1) is 7.96. The van der Waals surface area contributed by atoms with Gasteiger partial charge in [0.2, 0.25) is 0 Å². The van der Waals surface area contributed by atoms with Crippen molar-refractivity contribution in [1.29, 1.82) is 0 Å². The van der Waals surface area contributed by atoms with Crippen molar-refractivity contribution >= 4 is 0 Å². The fourth-order valence-corrected chi connectivity index (χ4v) is 2.97. The number of aryl methyl sites for hydroxylation is 1. The molecule has 2 unspecified atom stereocenters. The molecule has 94 valence electrons. The molecule has 0 heterocycles. The van der Waals surface area contributed by atoms with E-state index in [0.717, 1.165) is 0 Å². The van der Waals surface area contributed by atoms with Crippen LogP contribution in [0.4, 0.5) is 0 Å². The van der Waals surface area contributed by atoms with Crippen LogP contribution in [-0.2, 0) is 0 Å². The first-order valence-electron chi connectivity index (χ1n) is 6.79. The normalized spacial score (nSPS) is 24.8. The Kier molecular flexibility index (Phi) is 3.58. The highest BCUT2D eigenvalue weighted by Gasteiger charge is 2.31. The van der Waals surface area contributed by atoms with Gasteiger partial charge in [-0.1, -0.05) is 43.7 Å². The van der Waals surface area contributed by atoms with Crippen molar-refractivity contribution < 1.29 is 0 Å². The van der Waals surface area contributed by atoms with Crippen molar-refractivity contribution in [2.45, 2.75) is 59.0 Å². The van der Waals surface area contributed by atoms with Gasteiger partial charge in [0.15, 0.2) is 0 Å². The van der Waals surface area contributed by atoms with E-state index in [1.807, 2.05) is 0 Å². The van der Waals surface area contributed by atoms with Crippen LogP contribution in [0.5, 0.6) is 0 Å². The van der Waals surface area contributed by atoms with Gasteiger partial charge >= 0.3 is 0 Å². The Hall–Kier alpha value is -0.820. The number of hydrogen-bond donors (Lipinski definition) is 1. The summed E-state index contributed by atoms with van der Waals surface area (Å²) in [5.41, 5.74) is 3.29. The van der Waals surface area contributed by atoms with Crippen LogP contribution in [-0.4, -0.2) is 6.04 Å². The summed E-state index contributed by atoms with van der Waals surface area (Å²) in [6.45, 7) is 9.20. The molecule has 1 N–H and O–H groups in total. The van der Waals surface area contributed by atoms with Crippen molar-refractivity contribution in [3.05, 3.63) is 35.4 Å². The molecule has 1 aliphatic carbocycles. The van der Waals surface area contributed by atoms with Gasteiger partial charge in [-0.2, -0.15) is 0 Å². The van der Waals surface area contributed by atoms with E-state index in [9.17, 15) is 0 Å². The van der Waals surface area contributed by atoms with Gasteiger partial charge in [-0.3, -0.25) is 0 Å². The Morgan fingerprint density at radius 3 is 2.71 bits per heavy atom. The lowest BCUT2D eigenvalue weighted by atomic mass is 9.91. The number of rotatable bonds is 3. The van der Waals surface area contributed by atoms with Gasteiger partial charge in [-0.05, 0) is 44.1 Å². The van der Waals surface area contributed by atoms with Gasteiger partial charge in [0.05, 0.1) is 0 Å². The third-order valence-corrected chi connectivity index (χ3v) is 4.00. The summed E-state index contributed by atoms with van der Waals surface area (Å²) in [5.74, 6) is 0. The lowest BCUT2D eigenvalue weighted by molar-refractivity contribution is 0.356. The fraction of sp³-hybridized carbons (Fsp3) is 0.625. The summed E-state index contributed by atoms with van der Waals surface area (Å²) >= 11 is 0. The summed E-state index contributed by atoms with van der Waals surface area (Å²) in [4.78, 5) is 0. The Labute approximate surface area is 106 Å². The van der Waals surface area contributed by atoms with Crippen molar-refractivity contribution in [3.63, 3.8) is 0 Å². The Morgan fingerprint density at radius 1 is 1.35 bits per heavy atom. The first-order valence-corrected chi connectivity index (χ1v) is 6.79. The SMILES string of the molecule is Cc1cccc(C(C)NC2CCC(C)(C)C2)c1. The summed E-state index contributed by atoms with van der Waals surface area (Å²) in [7, 11) is 0. The minimum absolute atomic E-state index is 0.466. The molecule has 0 radical (unpaired) electrons. The largest absolute Gasteiger partial charge is 0.307 e. The summed E-state index contributed by atoms with van der Waals surface area (Å²) in [5, 5.41) is 3.78. The number of nitrogens with one attached hydrogen (secondary N) is 1. The Bertz CT molecular complexity index is 381. The molecule has 1 fully saturated rings. The molecule has 1 nitrogen and oxygen atoms in total. The van der Waals surface area contributed by atoms with Crippen LogP contribution in [0.15, 0.2) is 24.3 Å². The molecule has 2 atom stereocenters. The second-order valence-electron chi connectivity index (χ2n) is 6.41. The maximum Gasteiger partial charge on any atom is 0.0294 e. The highest BCUT2D eigenvalue weighted by Crippen LogP contribution is 2.37. The maximum atomic E-state index is 3.78. The molecule has 1 aliphatic rings. The quantitative estimate of drug-likeness (QED) is 0.821. The summed E-state index contributed by atoms with van der Waals surface area (Å²) < 4.78 is 0. The van der Waals surface area contributed by atoms with E-state index in [2.05, 4.69) is 57.3 Å². The van der Waals surface area contributed by atoms with Gasteiger partial charge in [0, 0.05) is 12.1 Å². The number of benzene rings is 1. The van der Waals surface area contributed by atoms with Gasteiger partial charge in [-0.25, -0.2) is 0 Å². The smallest absolute Gasteiger partial charge is 0.0294 e. The van der Waals surface area contributed by atoms with Crippen LogP contribution in [0, 0.1) is 12.3 Å². The van der Waals surface area contributed by atoms with Crippen LogP contribution in [0.3, 0.4) is 0 Å². The molecular formula is C16H25N. The van der Waals surface area contributed by atoms with E-state index in [1.165, 1.54) is 30.4 Å². The second kappa shape index (κ2) is 4.81. The van der Waals surface area contributed by atoms with Crippen LogP contribution in [0.2, 0.25) is 0 Å². The lowest BCUT2D eigenvalue weighted by Gasteiger charge is -2.22. The summed E-state index contributed by atoms with van der Waals surface area (Å²) in [6, 6.07) is 9.99. The van der Waals surface area contributed by atoms with Gasteiger partial charge in [-0.15, -0.1) is 0 Å². The average molecular weight is 231 g/mol. The van der Waals surface area contributed by atoms with E-state index in [0.29, 0.717) is 17.5 Å². The highest BCUT2D eigenvalue weighted by molar-refractivity contribution is 5.24. The van der Waals surface area contributed by atoms with E-state index >= 15 is 0 Å². The monoisotopic (exact) mass is 231 g/mol. The van der Waals surface area contributed by atoms with Crippen LogP contribution >= 0.6 is 0 Å². The fourth-order valence-electron chi connectivity index (χ4n) is 2.97.